The summed E-state index contributed by atoms with van der Waals surface area (Å²) in [7, 11) is 2.70. The molecule has 7 N–H and O–H groups in total. The summed E-state index contributed by atoms with van der Waals surface area (Å²) < 4.78 is 10.0. The number of rotatable bonds is 29. The Kier molecular flexibility index (Phi) is 25.2. The Hall–Kier alpha value is -6.59. The largest absolute Gasteiger partial charge is 0.466 e. The maximum absolute atomic E-state index is 13.7. The summed E-state index contributed by atoms with van der Waals surface area (Å²) in [6.07, 6.45) is 3.57. The van der Waals surface area contributed by atoms with Crippen LogP contribution in [0, 0.1) is 29.6 Å². The Labute approximate surface area is 394 Å². The topological polar surface area (TPSA) is 261 Å². The van der Waals surface area contributed by atoms with Crippen molar-refractivity contribution in [3.8, 4) is 0 Å². The second kappa shape index (κ2) is 29.8. The zero-order valence-electron chi connectivity index (χ0n) is 40.2. The van der Waals surface area contributed by atoms with Gasteiger partial charge in [0.1, 0.15) is 6.61 Å². The highest BCUT2D eigenvalue weighted by Crippen LogP contribution is 2.24. The maximum Gasteiger partial charge on any atom is 0.410 e. The van der Waals surface area contributed by atoms with E-state index < -0.39 is 53.8 Å². The summed E-state index contributed by atoms with van der Waals surface area (Å²) in [5.74, 6) is -4.85. The summed E-state index contributed by atoms with van der Waals surface area (Å²) in [4.78, 5) is 116. The first-order chi connectivity index (χ1) is 31.7. The molecule has 7 amide bonds. The molecule has 0 heterocycles. The van der Waals surface area contributed by atoms with Gasteiger partial charge in [0, 0.05) is 74.8 Å². The predicted molar refractivity (Wildman–Crippen MR) is 254 cm³/mol. The van der Waals surface area contributed by atoms with E-state index in [0.717, 1.165) is 12.2 Å². The zero-order chi connectivity index (χ0) is 50.1. The van der Waals surface area contributed by atoms with Crippen LogP contribution in [0.1, 0.15) is 98.5 Å². The molecule has 0 spiro atoms. The summed E-state index contributed by atoms with van der Waals surface area (Å²) in [6, 6.07) is 13.1. The standard InChI is InChI=1S/C49H71N7O11/c1-31(2)38(47(63)54-36-17-11-9-12-18-36)29-40(58)45(33(5)6)56(7)49(65)67-30-34-20-22-37(23-21-34)53-46(62)35(16-15-27-52-48(50)64)28-39(57)44(32(3)4)55-42(60)19-13-10-14-26-51-41(59)24-25-43(61)66-8/h9,11-12,17-18,20-25,31-33,35,38,44-45H,10,13-16,19,26-30H2,1-8H3,(H,51,59)(H,53,62)(H,54,63)(H,55,60)(H3,50,52,64)/b25-24-/t35-,38+,44+,45+/m1/s1. The van der Waals surface area contributed by atoms with Gasteiger partial charge in [-0.3, -0.25) is 28.8 Å². The number of carbonyl (C=O) groups excluding carboxylic acids is 9. The van der Waals surface area contributed by atoms with Gasteiger partial charge >= 0.3 is 18.1 Å². The van der Waals surface area contributed by atoms with Gasteiger partial charge in [0.15, 0.2) is 11.6 Å². The third-order valence-electron chi connectivity index (χ3n) is 11.0. The molecule has 0 fully saturated rings. The van der Waals surface area contributed by atoms with Crippen molar-refractivity contribution in [1.29, 1.82) is 0 Å². The number of benzene rings is 2. The van der Waals surface area contributed by atoms with Gasteiger partial charge in [-0.25, -0.2) is 14.4 Å². The van der Waals surface area contributed by atoms with Crippen LogP contribution in [-0.2, 0) is 49.6 Å². The molecule has 0 saturated heterocycles. The second-order valence-electron chi connectivity index (χ2n) is 17.5. The van der Waals surface area contributed by atoms with Crippen molar-refractivity contribution in [3.05, 3.63) is 72.3 Å². The average Bonchev–Trinajstić information content (AvgIpc) is 3.27. The number of nitrogens with two attached hydrogens (primary N) is 1. The number of hydrogen-bond acceptors (Lipinski definition) is 11. The molecule has 67 heavy (non-hydrogen) atoms. The molecule has 4 atom stereocenters. The molecule has 0 radical (unpaired) electrons. The lowest BCUT2D eigenvalue weighted by atomic mass is 9.85. The predicted octanol–water partition coefficient (Wildman–Crippen LogP) is 5.66. The van der Waals surface area contributed by atoms with Crippen LogP contribution in [0.2, 0.25) is 0 Å². The van der Waals surface area contributed by atoms with Gasteiger partial charge in [-0.2, -0.15) is 0 Å². The number of methoxy groups -OCH3 is 1. The van der Waals surface area contributed by atoms with E-state index in [-0.39, 0.29) is 80.0 Å². The normalized spacial score (nSPS) is 12.9. The fourth-order valence-corrected chi connectivity index (χ4v) is 7.24. The Bertz CT molecular complexity index is 1990. The number of primary amides is 1. The third kappa shape index (κ3) is 21.5. The molecule has 2 aromatic carbocycles. The molecule has 0 unspecified atom stereocenters. The van der Waals surface area contributed by atoms with Crippen molar-refractivity contribution in [3.63, 3.8) is 0 Å². The molecule has 0 aromatic heterocycles. The highest BCUT2D eigenvalue weighted by Gasteiger charge is 2.35. The second-order valence-corrected chi connectivity index (χ2v) is 17.5. The quantitative estimate of drug-likeness (QED) is 0.0330. The number of urea groups is 1. The van der Waals surface area contributed by atoms with Crippen LogP contribution < -0.4 is 32.3 Å². The van der Waals surface area contributed by atoms with Gasteiger partial charge < -0.3 is 46.7 Å². The molecule has 0 aliphatic rings. The summed E-state index contributed by atoms with van der Waals surface area (Å²) in [5, 5.41) is 13.7. The van der Waals surface area contributed by atoms with Gasteiger partial charge in [-0.1, -0.05) is 78.3 Å². The molecule has 0 aliphatic heterocycles. The van der Waals surface area contributed by atoms with Crippen molar-refractivity contribution < 1.29 is 52.6 Å². The number of ether oxygens (including phenoxy) is 2. The number of para-hydroxylation sites is 1. The SMILES string of the molecule is COC(=O)/C=C\C(=O)NCCCCCC(=O)N[C@H](C(=O)C[C@@H](CCCNC(N)=O)C(=O)Nc1ccc(COC(=O)N(C)[C@H](C(=O)C[C@H](C(=O)Nc2ccccc2)C(C)C)C(C)C)cc1)C(C)C. The van der Waals surface area contributed by atoms with E-state index in [1.54, 1.807) is 62.4 Å². The lowest BCUT2D eigenvalue weighted by molar-refractivity contribution is -0.135. The first kappa shape index (κ1) is 56.5. The fraction of sp³-hybridized carbons (Fsp3) is 0.531. The van der Waals surface area contributed by atoms with Crippen molar-refractivity contribution in [2.75, 3.05) is 37.9 Å². The molecular formula is C49H71N7O11. The van der Waals surface area contributed by atoms with Crippen molar-refractivity contribution in [2.45, 2.75) is 112 Å². The van der Waals surface area contributed by atoms with E-state index >= 15 is 0 Å². The molecular weight excluding hydrogens is 863 g/mol. The molecule has 2 aromatic rings. The molecule has 18 nitrogen and oxygen atoms in total. The monoisotopic (exact) mass is 934 g/mol. The van der Waals surface area contributed by atoms with Gasteiger partial charge in [0.25, 0.3) is 0 Å². The van der Waals surface area contributed by atoms with E-state index in [1.807, 2.05) is 33.8 Å². The number of carbonyl (C=O) groups is 9. The van der Waals surface area contributed by atoms with Gasteiger partial charge in [0.2, 0.25) is 23.6 Å². The number of nitrogens with one attached hydrogen (secondary N) is 5. The maximum atomic E-state index is 13.7. The van der Waals surface area contributed by atoms with Crippen LogP contribution >= 0.6 is 0 Å². The number of anilines is 2. The highest BCUT2D eigenvalue weighted by molar-refractivity contribution is 5.98. The Morgan fingerprint density at radius 3 is 1.91 bits per heavy atom. The van der Waals surface area contributed by atoms with Crippen LogP contribution in [-0.4, -0.2) is 97.5 Å². The molecule has 0 aliphatic carbocycles. The minimum Gasteiger partial charge on any atom is -0.466 e. The number of unbranched alkanes of at least 4 members (excludes halogenated alkanes) is 2. The minimum absolute atomic E-state index is 0.0633. The van der Waals surface area contributed by atoms with E-state index in [1.165, 1.54) is 19.1 Å². The highest BCUT2D eigenvalue weighted by atomic mass is 16.6. The first-order valence-electron chi connectivity index (χ1n) is 22.8. The summed E-state index contributed by atoms with van der Waals surface area (Å²) >= 11 is 0. The molecule has 0 saturated carbocycles. The number of amides is 7. The Morgan fingerprint density at radius 2 is 1.31 bits per heavy atom. The average molecular weight is 934 g/mol. The molecule has 368 valence electrons. The lowest BCUT2D eigenvalue weighted by Gasteiger charge is -2.31. The molecule has 2 rings (SSSR count). The minimum atomic E-state index is -0.856. The van der Waals surface area contributed by atoms with Crippen molar-refractivity contribution in [2.24, 2.45) is 35.3 Å². The number of nitrogens with zero attached hydrogens (tertiary/aromatic N) is 1. The third-order valence-corrected chi connectivity index (χ3v) is 11.0. The van der Waals surface area contributed by atoms with Crippen LogP contribution in [0.4, 0.5) is 21.0 Å². The van der Waals surface area contributed by atoms with Gasteiger partial charge in [0.05, 0.1) is 19.2 Å². The summed E-state index contributed by atoms with van der Waals surface area (Å²) in [6.45, 7) is 11.4. The smallest absolute Gasteiger partial charge is 0.410 e. The Balaban J connectivity index is 2.01. The van der Waals surface area contributed by atoms with E-state index in [2.05, 4.69) is 31.3 Å². The number of esters is 1. The van der Waals surface area contributed by atoms with Crippen LogP contribution in [0.5, 0.6) is 0 Å². The lowest BCUT2D eigenvalue weighted by Crippen LogP contribution is -2.47. The fourth-order valence-electron chi connectivity index (χ4n) is 7.24. The van der Waals surface area contributed by atoms with Crippen LogP contribution in [0.15, 0.2) is 66.7 Å². The number of ketones is 2. The van der Waals surface area contributed by atoms with E-state index in [4.69, 9.17) is 10.5 Å². The zero-order valence-corrected chi connectivity index (χ0v) is 40.2. The summed E-state index contributed by atoms with van der Waals surface area (Å²) in [5.41, 5.74) is 6.85. The molecule has 0 bridgehead atoms. The molecule has 18 heteroatoms. The Morgan fingerprint density at radius 1 is 0.687 bits per heavy atom. The van der Waals surface area contributed by atoms with Crippen LogP contribution in [0.25, 0.3) is 0 Å². The van der Waals surface area contributed by atoms with Crippen molar-refractivity contribution >= 4 is 64.7 Å². The van der Waals surface area contributed by atoms with E-state index in [9.17, 15) is 43.2 Å². The number of Topliss-reactive ketones (excluding diaryl/α,β-unsaturated/α-hetero) is 2. The van der Waals surface area contributed by atoms with Crippen molar-refractivity contribution in [1.82, 2.24) is 20.9 Å². The van der Waals surface area contributed by atoms with Gasteiger partial charge in [-0.05, 0) is 73.3 Å². The number of hydrogen-bond donors (Lipinski definition) is 6. The number of likely N-dealkylation sites (N-methyl/N-ethyl adjacent to an activating group) is 1. The first-order valence-corrected chi connectivity index (χ1v) is 22.8. The van der Waals surface area contributed by atoms with Crippen LogP contribution in [0.3, 0.4) is 0 Å². The van der Waals surface area contributed by atoms with Gasteiger partial charge in [-0.15, -0.1) is 0 Å². The van der Waals surface area contributed by atoms with E-state index in [0.29, 0.717) is 49.2 Å².